The van der Waals surface area contributed by atoms with Crippen molar-refractivity contribution in [3.63, 3.8) is 0 Å². The van der Waals surface area contributed by atoms with Gasteiger partial charge in [-0.25, -0.2) is 36.8 Å². The van der Waals surface area contributed by atoms with Crippen LogP contribution in [0.4, 0.5) is 0 Å². The van der Waals surface area contributed by atoms with Gasteiger partial charge in [-0.1, -0.05) is 157 Å². The monoisotopic (exact) mass is 1910 g/mol. The molecule has 0 aliphatic carbocycles. The number of aliphatic imine (C=N–C) groups is 2. The van der Waals surface area contributed by atoms with Gasteiger partial charge in [0.1, 0.15) is 35.4 Å². The fourth-order valence-corrected chi connectivity index (χ4v) is 24.4. The molecule has 6 saturated heterocycles. The zero-order valence-corrected chi connectivity index (χ0v) is 82.0. The number of likely N-dealkylation sites (tertiary alicyclic amines) is 4. The summed E-state index contributed by atoms with van der Waals surface area (Å²) in [6, 6.07) is 32.6. The lowest BCUT2D eigenvalue weighted by molar-refractivity contribution is -0.135. The van der Waals surface area contributed by atoms with Gasteiger partial charge in [0.15, 0.2) is 11.2 Å². The van der Waals surface area contributed by atoms with E-state index < -0.39 is 102 Å². The van der Waals surface area contributed by atoms with Crippen LogP contribution in [0.25, 0.3) is 20.9 Å². The van der Waals surface area contributed by atoms with Crippen LogP contribution in [0.15, 0.2) is 150 Å². The number of oxime groups is 2. The molecule has 10 aliphatic heterocycles. The lowest BCUT2D eigenvalue weighted by Crippen LogP contribution is -2.51. The maximum absolute atomic E-state index is 13.6. The van der Waals surface area contributed by atoms with Gasteiger partial charge in [-0.15, -0.1) is 22.7 Å². The van der Waals surface area contributed by atoms with Crippen molar-refractivity contribution in [2.75, 3.05) is 51.8 Å². The number of aliphatic hydroxyl groups is 4. The Kier molecular flexibility index (Phi) is 28.6. The molecule has 0 spiro atoms. The van der Waals surface area contributed by atoms with Crippen LogP contribution in [-0.2, 0) is 80.5 Å². The van der Waals surface area contributed by atoms with E-state index in [0.29, 0.717) is 100 Å². The van der Waals surface area contributed by atoms with Crippen molar-refractivity contribution in [1.82, 2.24) is 48.5 Å². The second kappa shape index (κ2) is 39.1. The van der Waals surface area contributed by atoms with E-state index in [1.54, 1.807) is 32.5 Å². The van der Waals surface area contributed by atoms with Gasteiger partial charge in [0, 0.05) is 114 Å². The van der Waals surface area contributed by atoms with Gasteiger partial charge in [0.05, 0.1) is 127 Å². The molecule has 6 amide bonds. The third-order valence-electron chi connectivity index (χ3n) is 28.0. The number of amides is 6. The highest BCUT2D eigenvalue weighted by atomic mass is 32.2. The number of aryl methyl sites for hydroxylation is 6. The number of aliphatic hydroxyl groups excluding tert-OH is 4. The average molecular weight is 1910 g/mol. The van der Waals surface area contributed by atoms with Gasteiger partial charge in [0.2, 0.25) is 43.7 Å². The molecule has 14 heterocycles. The van der Waals surface area contributed by atoms with E-state index in [9.17, 15) is 66.0 Å². The molecule has 4 N–H and O–H groups in total. The summed E-state index contributed by atoms with van der Waals surface area (Å²) >= 11 is 3.14. The van der Waals surface area contributed by atoms with Gasteiger partial charge >= 0.3 is 0 Å². The number of sulfonamides is 2. The highest BCUT2D eigenvalue weighted by molar-refractivity contribution is 7.88. The van der Waals surface area contributed by atoms with Crippen molar-refractivity contribution in [3.05, 3.63) is 188 Å². The van der Waals surface area contributed by atoms with Crippen LogP contribution in [0, 0.1) is 53.4 Å². The molecule has 16 atom stereocenters. The lowest BCUT2D eigenvalue weighted by Gasteiger charge is -2.31. The van der Waals surface area contributed by atoms with Crippen LogP contribution < -0.4 is 0 Å². The van der Waals surface area contributed by atoms with Crippen molar-refractivity contribution in [2.45, 2.75) is 269 Å². The van der Waals surface area contributed by atoms with Gasteiger partial charge < -0.3 is 58.7 Å². The predicted molar refractivity (Wildman–Crippen MR) is 508 cm³/mol. The van der Waals surface area contributed by atoms with E-state index in [1.165, 1.54) is 29.5 Å². The number of carbonyl (C=O) groups excluding carboxylic acids is 6. The van der Waals surface area contributed by atoms with Crippen LogP contribution in [0.3, 0.4) is 0 Å². The standard InChI is InChI=1S/2C25H30N4O5S2.2C24H31N3O4/c2*1-15-22(35-14-26-15)16-6-8-17(9-7-16)25(2)12-19(27-24(25)32)21-11-18(30)13-28(21)23(31)20-5-4-10-29(20)36(3,33)34;2*1-14(2)22(21-10-16(4)25-30-21)23(29)27-13-18(28)11-20(27)19-12-24(5,31-26-19)17-8-6-15(3)7-9-17/h2*6-9,14,18,20-21,30H,4-5,10-13H2,1-3H3;2*6-10,14,18,20,22,28H,11-13H2,1-5H3/t18-,20+,21+,25+;18-,20+,21-,25+;18-,20+,22+,24?;/m111./s1. The molecule has 0 radical (unpaired) electrons. The molecule has 8 aromatic rings. The van der Waals surface area contributed by atoms with Crippen molar-refractivity contribution < 1.29 is 84.8 Å². The Hall–Kier alpha value is -10.3. The molecule has 18 rings (SSSR count). The summed E-state index contributed by atoms with van der Waals surface area (Å²) in [7, 11) is -7.05. The molecule has 0 saturated carbocycles. The Morgan fingerprint density at radius 2 is 0.769 bits per heavy atom. The zero-order valence-electron chi connectivity index (χ0n) is 78.8. The number of rotatable bonds is 20. The molecule has 32 nitrogen and oxygen atoms in total. The number of benzene rings is 4. The van der Waals surface area contributed by atoms with Crippen molar-refractivity contribution in [3.8, 4) is 20.9 Å². The largest absolute Gasteiger partial charge is 0.391 e. The normalized spacial score (nSPS) is 28.1. The molecular formula is C98H122N14O18S4. The first-order valence-corrected chi connectivity index (χ1v) is 51.4. The van der Waals surface area contributed by atoms with E-state index in [-0.39, 0.29) is 98.4 Å². The Morgan fingerprint density at radius 3 is 1.07 bits per heavy atom. The maximum atomic E-state index is 13.6. The Balaban J connectivity index is 0.000000137. The summed E-state index contributed by atoms with van der Waals surface area (Å²) in [4.78, 5) is 118. The second-order valence-corrected chi connectivity index (χ2v) is 44.8. The maximum Gasteiger partial charge on any atom is 0.256 e. The molecule has 134 heavy (non-hydrogen) atoms. The molecule has 10 aliphatic rings. The smallest absolute Gasteiger partial charge is 0.256 e. The fourth-order valence-electron chi connectivity index (χ4n) is 20.6. The lowest BCUT2D eigenvalue weighted by atomic mass is 9.78. The Bertz CT molecular complexity index is 5730. The molecule has 716 valence electrons. The number of carbonyl (C=O) groups is 6. The van der Waals surface area contributed by atoms with Gasteiger partial charge in [-0.3, -0.25) is 28.8 Å². The average Bonchev–Trinajstić information content (AvgIpc) is 1.60. The van der Waals surface area contributed by atoms with E-state index >= 15 is 0 Å². The van der Waals surface area contributed by atoms with E-state index in [4.69, 9.17) is 18.7 Å². The van der Waals surface area contributed by atoms with Crippen molar-refractivity contribution in [2.24, 2.45) is 32.1 Å². The molecule has 4 aromatic heterocycles. The van der Waals surface area contributed by atoms with E-state index in [1.807, 2.05) is 169 Å². The number of nitrogens with zero attached hydrogens (tertiary/aromatic N) is 14. The highest BCUT2D eigenvalue weighted by Crippen LogP contribution is 2.46. The van der Waals surface area contributed by atoms with Gasteiger partial charge in [-0.2, -0.15) is 8.61 Å². The Morgan fingerprint density at radius 1 is 0.448 bits per heavy atom. The van der Waals surface area contributed by atoms with E-state index in [0.717, 1.165) is 89.8 Å². The van der Waals surface area contributed by atoms with Crippen LogP contribution >= 0.6 is 22.7 Å². The number of hydrogen-bond donors (Lipinski definition) is 4. The third-order valence-corrected chi connectivity index (χ3v) is 32.6. The van der Waals surface area contributed by atoms with Crippen LogP contribution in [0.2, 0.25) is 0 Å². The number of aromatic nitrogens is 4. The van der Waals surface area contributed by atoms with Crippen LogP contribution in [0.5, 0.6) is 0 Å². The molecule has 6 fully saturated rings. The molecule has 4 aromatic carbocycles. The molecule has 5 unspecified atom stereocenters. The van der Waals surface area contributed by atoms with Gasteiger partial charge in [0.25, 0.3) is 11.8 Å². The molecule has 0 bridgehead atoms. The fraction of sp³-hybridized carbons (Fsp3) is 0.531. The summed E-state index contributed by atoms with van der Waals surface area (Å²) in [5.74, 6) is -1.08. The highest BCUT2D eigenvalue weighted by Gasteiger charge is 2.55. The molecular weight excluding hydrogens is 1790 g/mol. The third kappa shape index (κ3) is 20.3. The predicted octanol–water partition coefficient (Wildman–Crippen LogP) is 11.6. The van der Waals surface area contributed by atoms with Gasteiger partial charge in [-0.05, 0) is 140 Å². The topological polar surface area (TPSA) is 417 Å². The summed E-state index contributed by atoms with van der Waals surface area (Å²) in [6.45, 7) is 28.8. The van der Waals surface area contributed by atoms with Crippen molar-refractivity contribution >= 4 is 101 Å². The quantitative estimate of drug-likeness (QED) is 0.0550. The first kappa shape index (κ1) is 98.2. The number of thiazole rings is 2. The molecule has 36 heteroatoms. The van der Waals surface area contributed by atoms with E-state index in [2.05, 4.69) is 89.1 Å². The van der Waals surface area contributed by atoms with Crippen LogP contribution in [-0.4, -0.2) is 256 Å². The zero-order chi connectivity index (χ0) is 96.3. The Labute approximate surface area is 790 Å². The minimum atomic E-state index is -3.53. The summed E-state index contributed by atoms with van der Waals surface area (Å²) in [5, 5.41) is 58.4. The summed E-state index contributed by atoms with van der Waals surface area (Å²) in [6.07, 6.45) is 4.95. The van der Waals surface area contributed by atoms with Crippen LogP contribution in [0.1, 0.15) is 212 Å². The summed E-state index contributed by atoms with van der Waals surface area (Å²) < 4.78 is 62.2. The first-order chi connectivity index (χ1) is 63.3. The SMILES string of the molecule is Cc1ccc(C2(C)CC(C3CC(O)CN3C(=O)C(c3cc(C)no3)C(C)C)=NO2)cc1.Cc1ccc(C2(C)CC([C@@H]3C[C@@H](O)CN3C(=O)[C@H](c3cc(C)no3)C(C)C)=NO2)cc1.Cc1ncsc1-c1ccc([C@]2(C)CC([C@@H]3C[C@@H](O)CN3C(=O)[C@@H]3CCCN3S(C)(=O)=O)=NC2=O)cc1.Cc1ncsc1-c1ccc([C@]2(C)CC([C@H]3C[C@@H](O)CN3C(=O)[C@@H]3CCCN3S(C)(=O)=O)=NC2=O)cc1. The number of hydrogen-bond acceptors (Lipinski definition) is 26. The minimum absolute atomic E-state index is 0.0258. The number of β-amino-alcohol motifs (C(OH)–C–C–N with tert-alkyl or cyclic N) is 4. The minimum Gasteiger partial charge on any atom is -0.391 e. The summed E-state index contributed by atoms with van der Waals surface area (Å²) in [5.41, 5.74) is 15.1. The first-order valence-electron chi connectivity index (χ1n) is 46.0. The van der Waals surface area contributed by atoms with Crippen molar-refractivity contribution in [1.29, 1.82) is 0 Å². The second-order valence-electron chi connectivity index (χ2n) is 39.2.